The number of carbonyl (C=O) groups excluding carboxylic acids is 1. The third-order valence-electron chi connectivity index (χ3n) is 3.35. The Balaban J connectivity index is 2.54. The second-order valence-electron chi connectivity index (χ2n) is 5.32. The van der Waals surface area contributed by atoms with Crippen molar-refractivity contribution in [3.63, 3.8) is 0 Å². The van der Waals surface area contributed by atoms with E-state index in [4.69, 9.17) is 5.73 Å². The van der Waals surface area contributed by atoms with Crippen LogP contribution in [0.1, 0.15) is 48.8 Å². The number of benzene rings is 1. The van der Waals surface area contributed by atoms with E-state index in [0.29, 0.717) is 24.0 Å². The van der Waals surface area contributed by atoms with E-state index >= 15 is 0 Å². The molecule has 2 aromatic rings. The summed E-state index contributed by atoms with van der Waals surface area (Å²) in [6, 6.07) is 5.07. The summed E-state index contributed by atoms with van der Waals surface area (Å²) in [5.74, 6) is -0.355. The molecule has 21 heavy (non-hydrogen) atoms. The molecule has 3 N–H and O–H groups in total. The maximum atomic E-state index is 11.4. The van der Waals surface area contributed by atoms with Crippen LogP contribution in [-0.2, 0) is 11.3 Å². The number of aromatic nitrogens is 2. The normalized spacial score (nSPS) is 11.2. The van der Waals surface area contributed by atoms with Crippen molar-refractivity contribution < 1.29 is 14.7 Å². The lowest BCUT2D eigenvalue weighted by molar-refractivity contribution is -0.118. The van der Waals surface area contributed by atoms with E-state index < -0.39 is 5.97 Å². The first-order valence-corrected chi connectivity index (χ1v) is 6.92. The first-order valence-electron chi connectivity index (χ1n) is 6.92. The van der Waals surface area contributed by atoms with Gasteiger partial charge in [-0.3, -0.25) is 4.79 Å². The monoisotopic (exact) mass is 289 g/mol. The molecule has 0 radical (unpaired) electrons. The Morgan fingerprint density at radius 3 is 2.67 bits per heavy atom. The van der Waals surface area contributed by atoms with Crippen molar-refractivity contribution in [3.8, 4) is 0 Å². The highest BCUT2D eigenvalue weighted by Crippen LogP contribution is 2.25. The highest BCUT2D eigenvalue weighted by molar-refractivity contribution is 6.01. The van der Waals surface area contributed by atoms with Crippen molar-refractivity contribution in [2.75, 3.05) is 0 Å². The molecule has 1 aromatic heterocycles. The van der Waals surface area contributed by atoms with Crippen LogP contribution in [0.15, 0.2) is 18.2 Å². The number of fused-ring (bicyclic) bond motifs is 1. The molecule has 0 spiro atoms. The average Bonchev–Trinajstić information content (AvgIpc) is 2.77. The molecule has 0 aliphatic rings. The standard InChI is InChI=1S/C15H19N3O3/c1-9(2)14-17-11-6-3-5-10(15(20)21)13(11)18(14)8-4-7-12(16)19/h3,5-6,9H,4,7-8H2,1-2H3,(H2,16,19)(H,20,21). The molecule has 0 aliphatic heterocycles. The lowest BCUT2D eigenvalue weighted by atomic mass is 10.1. The van der Waals surface area contributed by atoms with Gasteiger partial charge in [-0.25, -0.2) is 9.78 Å². The van der Waals surface area contributed by atoms with Gasteiger partial charge in [0.1, 0.15) is 5.82 Å². The Bertz CT molecular complexity index is 689. The van der Waals surface area contributed by atoms with Crippen molar-refractivity contribution in [1.29, 1.82) is 0 Å². The van der Waals surface area contributed by atoms with Gasteiger partial charge >= 0.3 is 5.97 Å². The van der Waals surface area contributed by atoms with Crippen molar-refractivity contribution in [1.82, 2.24) is 9.55 Å². The maximum absolute atomic E-state index is 11.4. The number of carboxylic acids is 1. The second-order valence-corrected chi connectivity index (χ2v) is 5.32. The predicted molar refractivity (Wildman–Crippen MR) is 79.2 cm³/mol. The fourth-order valence-corrected chi connectivity index (χ4v) is 2.45. The molecule has 0 saturated carbocycles. The summed E-state index contributed by atoms with van der Waals surface area (Å²) in [4.78, 5) is 26.8. The van der Waals surface area contributed by atoms with Crippen LogP contribution >= 0.6 is 0 Å². The quantitative estimate of drug-likeness (QED) is 0.851. The molecule has 2 rings (SSSR count). The Morgan fingerprint density at radius 2 is 2.10 bits per heavy atom. The number of aryl methyl sites for hydroxylation is 1. The number of hydrogen-bond acceptors (Lipinski definition) is 3. The molecule has 1 aromatic carbocycles. The topological polar surface area (TPSA) is 98.2 Å². The van der Waals surface area contributed by atoms with Gasteiger partial charge in [-0.15, -0.1) is 0 Å². The molecule has 6 nitrogen and oxygen atoms in total. The summed E-state index contributed by atoms with van der Waals surface area (Å²) in [7, 11) is 0. The first-order chi connectivity index (χ1) is 9.91. The number of imidazole rings is 1. The Hall–Kier alpha value is -2.37. The SMILES string of the molecule is CC(C)c1nc2cccc(C(=O)O)c2n1CCCC(N)=O. The number of amides is 1. The summed E-state index contributed by atoms with van der Waals surface area (Å²) in [6.45, 7) is 4.54. The number of para-hydroxylation sites is 1. The molecule has 0 unspecified atom stereocenters. The molecule has 0 atom stereocenters. The van der Waals surface area contributed by atoms with E-state index in [0.717, 1.165) is 5.82 Å². The summed E-state index contributed by atoms with van der Waals surface area (Å²) in [6.07, 6.45) is 0.834. The molecular weight excluding hydrogens is 270 g/mol. The van der Waals surface area contributed by atoms with Crippen LogP contribution in [0.4, 0.5) is 0 Å². The smallest absolute Gasteiger partial charge is 0.337 e. The molecular formula is C15H19N3O3. The summed E-state index contributed by atoms with van der Waals surface area (Å²) in [5.41, 5.74) is 6.66. The van der Waals surface area contributed by atoms with Crippen LogP contribution in [0.25, 0.3) is 11.0 Å². The minimum atomic E-state index is -0.980. The maximum Gasteiger partial charge on any atom is 0.337 e. The highest BCUT2D eigenvalue weighted by atomic mass is 16.4. The molecule has 0 bridgehead atoms. The van der Waals surface area contributed by atoms with Crippen LogP contribution in [0.5, 0.6) is 0 Å². The zero-order valence-corrected chi connectivity index (χ0v) is 12.2. The van der Waals surface area contributed by atoms with Gasteiger partial charge in [0, 0.05) is 18.9 Å². The van der Waals surface area contributed by atoms with Gasteiger partial charge in [-0.2, -0.15) is 0 Å². The Morgan fingerprint density at radius 1 is 1.38 bits per heavy atom. The zero-order chi connectivity index (χ0) is 15.6. The van der Waals surface area contributed by atoms with Crippen LogP contribution in [-0.4, -0.2) is 26.5 Å². The number of nitrogens with zero attached hydrogens (tertiary/aromatic N) is 2. The average molecular weight is 289 g/mol. The molecule has 0 aliphatic carbocycles. The van der Waals surface area contributed by atoms with Gasteiger partial charge in [0.15, 0.2) is 0 Å². The van der Waals surface area contributed by atoms with Crippen molar-refractivity contribution in [2.24, 2.45) is 5.73 Å². The van der Waals surface area contributed by atoms with Gasteiger partial charge in [0.25, 0.3) is 0 Å². The lowest BCUT2D eigenvalue weighted by Crippen LogP contribution is -2.13. The number of carboxylic acid groups (broad SMARTS) is 1. The second kappa shape index (κ2) is 5.95. The number of hydrogen-bond donors (Lipinski definition) is 2. The number of carbonyl (C=O) groups is 2. The predicted octanol–water partition coefficient (Wildman–Crippen LogP) is 2.12. The van der Waals surface area contributed by atoms with E-state index in [1.807, 2.05) is 18.4 Å². The third kappa shape index (κ3) is 3.04. The fourth-order valence-electron chi connectivity index (χ4n) is 2.45. The van der Waals surface area contributed by atoms with Crippen LogP contribution in [0.2, 0.25) is 0 Å². The highest BCUT2D eigenvalue weighted by Gasteiger charge is 2.19. The molecule has 0 saturated heterocycles. The first kappa shape index (κ1) is 15.0. The minimum absolute atomic E-state index is 0.160. The minimum Gasteiger partial charge on any atom is -0.478 e. The molecule has 112 valence electrons. The number of nitrogens with two attached hydrogens (primary N) is 1. The van der Waals surface area contributed by atoms with Crippen molar-refractivity contribution in [2.45, 2.75) is 39.2 Å². The Labute approximate surface area is 122 Å². The summed E-state index contributed by atoms with van der Waals surface area (Å²) < 4.78 is 1.90. The van der Waals surface area contributed by atoms with Gasteiger partial charge in [0.05, 0.1) is 16.6 Å². The zero-order valence-electron chi connectivity index (χ0n) is 12.2. The van der Waals surface area contributed by atoms with E-state index in [2.05, 4.69) is 4.98 Å². The van der Waals surface area contributed by atoms with E-state index in [1.165, 1.54) is 0 Å². The molecule has 1 amide bonds. The number of rotatable bonds is 6. The third-order valence-corrected chi connectivity index (χ3v) is 3.35. The van der Waals surface area contributed by atoms with E-state index in [-0.39, 0.29) is 23.8 Å². The fraction of sp³-hybridized carbons (Fsp3) is 0.400. The van der Waals surface area contributed by atoms with Crippen LogP contribution < -0.4 is 5.73 Å². The largest absolute Gasteiger partial charge is 0.478 e. The van der Waals surface area contributed by atoms with Gasteiger partial charge in [-0.05, 0) is 18.6 Å². The van der Waals surface area contributed by atoms with Crippen molar-refractivity contribution >= 4 is 22.9 Å². The molecule has 6 heteroatoms. The van der Waals surface area contributed by atoms with Crippen LogP contribution in [0.3, 0.4) is 0 Å². The number of aromatic carboxylic acids is 1. The van der Waals surface area contributed by atoms with Crippen LogP contribution in [0, 0.1) is 0 Å². The van der Waals surface area contributed by atoms with E-state index in [9.17, 15) is 14.7 Å². The molecule has 0 fully saturated rings. The Kier molecular flexibility index (Phi) is 4.26. The van der Waals surface area contributed by atoms with Crippen molar-refractivity contribution in [3.05, 3.63) is 29.6 Å². The van der Waals surface area contributed by atoms with Gasteiger partial charge in [0.2, 0.25) is 5.91 Å². The van der Waals surface area contributed by atoms with Gasteiger partial charge < -0.3 is 15.4 Å². The number of primary amides is 1. The van der Waals surface area contributed by atoms with E-state index in [1.54, 1.807) is 18.2 Å². The lowest BCUT2D eigenvalue weighted by Gasteiger charge is -2.12. The van der Waals surface area contributed by atoms with Gasteiger partial charge in [-0.1, -0.05) is 19.9 Å². The molecule has 1 heterocycles. The summed E-state index contributed by atoms with van der Waals surface area (Å²) in [5, 5.41) is 9.35. The summed E-state index contributed by atoms with van der Waals surface area (Å²) >= 11 is 0.